The number of para-hydroxylation sites is 1. The number of hydrogen-bond donors (Lipinski definition) is 1. The second-order valence-electron chi connectivity index (χ2n) is 7.19. The first kappa shape index (κ1) is 23.5. The summed E-state index contributed by atoms with van der Waals surface area (Å²) < 4.78 is 5.98. The summed E-state index contributed by atoms with van der Waals surface area (Å²) in [5, 5.41) is 4.14. The van der Waals surface area contributed by atoms with Crippen molar-refractivity contribution in [3.05, 3.63) is 59.4 Å². The van der Waals surface area contributed by atoms with Crippen molar-refractivity contribution in [1.82, 2.24) is 15.3 Å². The maximum Gasteiger partial charge on any atom is 0.271 e. The van der Waals surface area contributed by atoms with E-state index in [0.717, 1.165) is 36.5 Å². The molecule has 1 aromatic carbocycles. The Kier molecular flexibility index (Phi) is 10.6. The van der Waals surface area contributed by atoms with E-state index in [1.54, 1.807) is 30.7 Å². The average molecular weight is 411 g/mol. The van der Waals surface area contributed by atoms with Crippen LogP contribution in [0.25, 0.3) is 0 Å². The normalized spacial score (nSPS) is 11.2. The lowest BCUT2D eigenvalue weighted by Gasteiger charge is -2.24. The fraction of sp³-hybridized carbons (Fsp3) is 0.458. The van der Waals surface area contributed by atoms with Crippen molar-refractivity contribution in [1.29, 1.82) is 0 Å². The van der Waals surface area contributed by atoms with E-state index in [-0.39, 0.29) is 5.91 Å². The molecular formula is C24H34N4O2. The number of nitrogens with one attached hydrogen (secondary N) is 1. The number of unbranched alkanes of at least 4 members (excludes halogenated alkanes) is 2. The lowest BCUT2D eigenvalue weighted by Crippen LogP contribution is -2.26. The summed E-state index contributed by atoms with van der Waals surface area (Å²) in [6.45, 7) is 10.0. The molecule has 0 saturated heterocycles. The van der Waals surface area contributed by atoms with Crippen LogP contribution >= 0.6 is 0 Å². The number of nitrogens with zero attached hydrogens (tertiary/aromatic N) is 3. The van der Waals surface area contributed by atoms with Crippen LogP contribution in [0, 0.1) is 0 Å². The van der Waals surface area contributed by atoms with Gasteiger partial charge in [0.15, 0.2) is 0 Å². The van der Waals surface area contributed by atoms with E-state index in [1.165, 1.54) is 25.7 Å². The van der Waals surface area contributed by atoms with Crippen molar-refractivity contribution in [3.63, 3.8) is 0 Å². The zero-order valence-electron chi connectivity index (χ0n) is 18.4. The minimum absolute atomic E-state index is 0.270. The predicted molar refractivity (Wildman–Crippen MR) is 122 cm³/mol. The molecule has 6 nitrogen and oxygen atoms in total. The van der Waals surface area contributed by atoms with Gasteiger partial charge in [-0.3, -0.25) is 14.7 Å². The predicted octanol–water partition coefficient (Wildman–Crippen LogP) is 4.65. The van der Waals surface area contributed by atoms with Crippen molar-refractivity contribution in [2.75, 3.05) is 19.7 Å². The van der Waals surface area contributed by atoms with Crippen molar-refractivity contribution in [3.8, 4) is 5.75 Å². The van der Waals surface area contributed by atoms with Crippen LogP contribution in [0.15, 0.2) is 47.8 Å². The summed E-state index contributed by atoms with van der Waals surface area (Å²) in [7, 11) is 0. The molecule has 0 spiro atoms. The molecule has 0 bridgehead atoms. The van der Waals surface area contributed by atoms with E-state index >= 15 is 0 Å². The fourth-order valence-electron chi connectivity index (χ4n) is 3.15. The molecule has 1 heterocycles. The van der Waals surface area contributed by atoms with E-state index in [1.807, 2.05) is 19.1 Å². The number of amides is 1. The monoisotopic (exact) mass is 410 g/mol. The molecule has 30 heavy (non-hydrogen) atoms. The molecule has 0 unspecified atom stereocenters. The summed E-state index contributed by atoms with van der Waals surface area (Å²) in [6, 6.07) is 9.39. The highest BCUT2D eigenvalue weighted by molar-refractivity contribution is 5.95. The molecule has 0 aliphatic heterocycles. The number of benzene rings is 1. The van der Waals surface area contributed by atoms with Gasteiger partial charge in [-0.15, -0.1) is 0 Å². The van der Waals surface area contributed by atoms with Gasteiger partial charge in [-0.25, -0.2) is 5.43 Å². The number of carbonyl (C=O) groups is 1. The van der Waals surface area contributed by atoms with Gasteiger partial charge in [-0.1, -0.05) is 38.8 Å². The van der Waals surface area contributed by atoms with E-state index in [4.69, 9.17) is 4.74 Å². The Morgan fingerprint density at radius 2 is 1.80 bits per heavy atom. The number of hydrogen-bond acceptors (Lipinski definition) is 5. The van der Waals surface area contributed by atoms with Crippen molar-refractivity contribution < 1.29 is 9.53 Å². The average Bonchev–Trinajstić information content (AvgIpc) is 2.78. The molecule has 1 amide bonds. The molecule has 1 aromatic heterocycles. The molecule has 0 radical (unpaired) electrons. The standard InChI is InChI=1S/C24H34N4O2/c1-4-7-16-28(17-8-5-2)19-22-11-9-10-21(23(22)30-6-3)18-26-27-24(29)20-12-14-25-15-13-20/h9-15,18H,4-8,16-17,19H2,1-3H3,(H,27,29)/b26-18+. The van der Waals surface area contributed by atoms with Gasteiger partial charge in [0.05, 0.1) is 12.8 Å². The number of hydrazone groups is 1. The fourth-order valence-corrected chi connectivity index (χ4v) is 3.15. The smallest absolute Gasteiger partial charge is 0.271 e. The highest BCUT2D eigenvalue weighted by Crippen LogP contribution is 2.25. The van der Waals surface area contributed by atoms with E-state index in [2.05, 4.69) is 40.3 Å². The first-order valence-corrected chi connectivity index (χ1v) is 10.9. The molecule has 2 rings (SSSR count). The molecule has 0 fully saturated rings. The molecule has 2 aromatic rings. The number of aromatic nitrogens is 1. The van der Waals surface area contributed by atoms with Crippen LogP contribution in [0.5, 0.6) is 5.75 Å². The second kappa shape index (κ2) is 13.5. The van der Waals surface area contributed by atoms with Crippen molar-refractivity contribution in [2.45, 2.75) is 53.0 Å². The molecule has 162 valence electrons. The molecule has 0 aliphatic rings. The van der Waals surface area contributed by atoms with Gasteiger partial charge in [0.1, 0.15) is 5.75 Å². The molecule has 0 saturated carbocycles. The SMILES string of the molecule is CCCCN(CCCC)Cc1cccc(/C=N/NC(=O)c2ccncc2)c1OCC. The summed E-state index contributed by atoms with van der Waals surface area (Å²) in [5.74, 6) is 0.563. The minimum Gasteiger partial charge on any atom is -0.493 e. The van der Waals surface area contributed by atoms with Crippen LogP contribution in [0.4, 0.5) is 0 Å². The van der Waals surface area contributed by atoms with Gasteiger partial charge in [0, 0.05) is 35.6 Å². The molecule has 1 N–H and O–H groups in total. The van der Waals surface area contributed by atoms with Crippen molar-refractivity contribution in [2.24, 2.45) is 5.10 Å². The third-order valence-electron chi connectivity index (χ3n) is 4.78. The minimum atomic E-state index is -0.270. The van der Waals surface area contributed by atoms with Gasteiger partial charge < -0.3 is 4.74 Å². The quantitative estimate of drug-likeness (QED) is 0.386. The number of ether oxygens (including phenoxy) is 1. The Balaban J connectivity index is 2.14. The molecular weight excluding hydrogens is 376 g/mol. The van der Waals surface area contributed by atoms with Crippen LogP contribution in [0.3, 0.4) is 0 Å². The van der Waals surface area contributed by atoms with Crippen molar-refractivity contribution >= 4 is 12.1 Å². The van der Waals surface area contributed by atoms with Crippen LogP contribution in [-0.2, 0) is 6.54 Å². The first-order valence-electron chi connectivity index (χ1n) is 10.9. The summed E-state index contributed by atoms with van der Waals surface area (Å²) >= 11 is 0. The number of pyridine rings is 1. The van der Waals surface area contributed by atoms with E-state index in [9.17, 15) is 4.79 Å². The largest absolute Gasteiger partial charge is 0.493 e. The summed E-state index contributed by atoms with van der Waals surface area (Å²) in [5.41, 5.74) is 5.09. The maximum atomic E-state index is 12.2. The second-order valence-corrected chi connectivity index (χ2v) is 7.19. The van der Waals surface area contributed by atoms with Crippen LogP contribution in [0.1, 0.15) is 67.9 Å². The molecule has 0 aliphatic carbocycles. The lowest BCUT2D eigenvalue weighted by molar-refractivity contribution is 0.0955. The number of carbonyl (C=O) groups excluding carboxylic acids is 1. The Morgan fingerprint density at radius 1 is 1.10 bits per heavy atom. The topological polar surface area (TPSA) is 66.8 Å². The van der Waals surface area contributed by atoms with Gasteiger partial charge in [-0.2, -0.15) is 5.10 Å². The van der Waals surface area contributed by atoms with Crippen LogP contribution < -0.4 is 10.2 Å². The number of rotatable bonds is 13. The van der Waals surface area contributed by atoms with Crippen LogP contribution in [-0.4, -0.2) is 41.7 Å². The Hall–Kier alpha value is -2.73. The lowest BCUT2D eigenvalue weighted by atomic mass is 10.1. The zero-order chi connectivity index (χ0) is 21.6. The highest BCUT2D eigenvalue weighted by atomic mass is 16.5. The summed E-state index contributed by atoms with van der Waals surface area (Å²) in [4.78, 5) is 18.6. The van der Waals surface area contributed by atoms with Gasteiger partial charge in [-0.05, 0) is 51.1 Å². The first-order chi connectivity index (χ1) is 14.7. The van der Waals surface area contributed by atoms with Gasteiger partial charge >= 0.3 is 0 Å². The third-order valence-corrected chi connectivity index (χ3v) is 4.78. The van der Waals surface area contributed by atoms with Gasteiger partial charge in [0.2, 0.25) is 0 Å². The Bertz CT molecular complexity index is 785. The van der Waals surface area contributed by atoms with E-state index in [0.29, 0.717) is 12.2 Å². The maximum absolute atomic E-state index is 12.2. The van der Waals surface area contributed by atoms with Gasteiger partial charge in [0.25, 0.3) is 5.91 Å². The molecule has 6 heteroatoms. The van der Waals surface area contributed by atoms with E-state index < -0.39 is 0 Å². The third kappa shape index (κ3) is 7.59. The Labute approximate surface area is 180 Å². The Morgan fingerprint density at radius 3 is 2.43 bits per heavy atom. The highest BCUT2D eigenvalue weighted by Gasteiger charge is 2.13. The molecule has 0 atom stereocenters. The summed E-state index contributed by atoms with van der Waals surface area (Å²) in [6.07, 6.45) is 9.56. The zero-order valence-corrected chi connectivity index (χ0v) is 18.4. The van der Waals surface area contributed by atoms with Crippen LogP contribution in [0.2, 0.25) is 0 Å².